The Morgan fingerprint density at radius 1 is 1.24 bits per heavy atom. The van der Waals surface area contributed by atoms with Gasteiger partial charge >= 0.3 is 0 Å². The van der Waals surface area contributed by atoms with Gasteiger partial charge < -0.3 is 4.52 Å². The number of rotatable bonds is 1. The molecule has 1 heterocycles. The Labute approximate surface area is 101 Å². The molecule has 0 aliphatic rings. The molecular formula is C12H12N2O2S. The molecule has 4 rings (SSSR count). The van der Waals surface area contributed by atoms with Crippen LogP contribution in [0, 0.1) is 6.92 Å². The molecule has 0 spiro atoms. The molecule has 5 heteroatoms. The van der Waals surface area contributed by atoms with Gasteiger partial charge in [0, 0.05) is 18.1 Å². The van der Waals surface area contributed by atoms with Gasteiger partial charge in [-0.1, -0.05) is 29.4 Å². The molecular weight excluding hydrogens is 236 g/mol. The second kappa shape index (κ2) is 5.05. The molecule has 1 unspecified atom stereocenters. The molecule has 0 saturated heterocycles. The van der Waals surface area contributed by atoms with E-state index in [-0.39, 0.29) is 0 Å². The monoisotopic (exact) mass is 248 g/mol. The van der Waals surface area contributed by atoms with Crippen molar-refractivity contribution >= 4 is 21.6 Å². The molecule has 0 radical (unpaired) electrons. The van der Waals surface area contributed by atoms with E-state index in [0.29, 0.717) is 5.89 Å². The second-order valence-electron chi connectivity index (χ2n) is 3.55. The molecule has 1 aromatic heterocycles. The SMILES string of the molecule is CS(=O)c1cc2ccc1cc2.Cc1ncno1. The van der Waals surface area contributed by atoms with E-state index in [1.54, 1.807) is 13.2 Å². The van der Waals surface area contributed by atoms with Crippen LogP contribution >= 0.6 is 0 Å². The molecule has 0 fully saturated rings. The molecule has 0 aliphatic heterocycles. The molecule has 17 heavy (non-hydrogen) atoms. The van der Waals surface area contributed by atoms with E-state index >= 15 is 0 Å². The van der Waals surface area contributed by atoms with Gasteiger partial charge in [0.15, 0.2) is 6.33 Å². The van der Waals surface area contributed by atoms with E-state index in [1.807, 2.05) is 30.3 Å². The maximum absolute atomic E-state index is 11.1. The van der Waals surface area contributed by atoms with Crippen LogP contribution in [0.2, 0.25) is 0 Å². The van der Waals surface area contributed by atoms with E-state index in [1.165, 1.54) is 6.33 Å². The average Bonchev–Trinajstić information content (AvgIpc) is 2.82. The Bertz CT molecular complexity index is 587. The lowest BCUT2D eigenvalue weighted by Gasteiger charge is -2.03. The number of benzene rings is 3. The zero-order valence-corrected chi connectivity index (χ0v) is 10.4. The molecule has 0 N–H and O–H groups in total. The van der Waals surface area contributed by atoms with E-state index in [0.717, 1.165) is 15.7 Å². The van der Waals surface area contributed by atoms with Crippen LogP contribution in [-0.4, -0.2) is 20.6 Å². The lowest BCUT2D eigenvalue weighted by molar-refractivity contribution is 0.392. The smallest absolute Gasteiger partial charge is 0.223 e. The Morgan fingerprint density at radius 3 is 2.18 bits per heavy atom. The lowest BCUT2D eigenvalue weighted by atomic mass is 10.1. The van der Waals surface area contributed by atoms with Crippen LogP contribution < -0.4 is 0 Å². The fourth-order valence-corrected chi connectivity index (χ4v) is 2.23. The predicted octanol–water partition coefficient (Wildman–Crippen LogP) is 2.39. The van der Waals surface area contributed by atoms with Gasteiger partial charge in [0.2, 0.25) is 5.89 Å². The summed E-state index contributed by atoms with van der Waals surface area (Å²) in [5, 5.41) is 5.56. The summed E-state index contributed by atoms with van der Waals surface area (Å²) in [4.78, 5) is 4.59. The minimum Gasteiger partial charge on any atom is -0.340 e. The van der Waals surface area contributed by atoms with Gasteiger partial charge in [-0.3, -0.25) is 4.21 Å². The maximum atomic E-state index is 11.1. The van der Waals surface area contributed by atoms with Crippen LogP contribution in [0.25, 0.3) is 10.8 Å². The number of fused-ring (bicyclic) bond motifs is 3. The second-order valence-corrected chi connectivity index (χ2v) is 4.89. The summed E-state index contributed by atoms with van der Waals surface area (Å²) in [5.41, 5.74) is 0. The Morgan fingerprint density at radius 2 is 1.94 bits per heavy atom. The van der Waals surface area contributed by atoms with Crippen LogP contribution in [0.5, 0.6) is 0 Å². The molecule has 0 saturated carbocycles. The zero-order valence-electron chi connectivity index (χ0n) is 9.58. The van der Waals surface area contributed by atoms with Gasteiger partial charge in [-0.15, -0.1) is 0 Å². The first-order valence-corrected chi connectivity index (χ1v) is 6.61. The predicted molar refractivity (Wildman–Crippen MR) is 66.5 cm³/mol. The highest BCUT2D eigenvalue weighted by molar-refractivity contribution is 7.84. The van der Waals surface area contributed by atoms with Crippen molar-refractivity contribution in [3.63, 3.8) is 0 Å². The molecule has 1 atom stereocenters. The Kier molecular flexibility index (Phi) is 3.49. The third-order valence-corrected chi connectivity index (χ3v) is 3.25. The number of aromatic nitrogens is 2. The summed E-state index contributed by atoms with van der Waals surface area (Å²) in [6.45, 7) is 1.74. The highest BCUT2D eigenvalue weighted by Gasteiger charge is 2.02. The van der Waals surface area contributed by atoms with Gasteiger partial charge in [-0.25, -0.2) is 0 Å². The summed E-state index contributed by atoms with van der Waals surface area (Å²) in [6.07, 6.45) is 3.08. The largest absolute Gasteiger partial charge is 0.340 e. The summed E-state index contributed by atoms with van der Waals surface area (Å²) in [6, 6.07) is 10.1. The first-order valence-electron chi connectivity index (χ1n) is 5.05. The van der Waals surface area contributed by atoms with Gasteiger partial charge in [-0.05, 0) is 16.8 Å². The number of hydrogen-bond donors (Lipinski definition) is 0. The quantitative estimate of drug-likeness (QED) is 0.663. The highest BCUT2D eigenvalue weighted by Crippen LogP contribution is 2.20. The van der Waals surface area contributed by atoms with Gasteiger partial charge in [0.25, 0.3) is 0 Å². The fourth-order valence-electron chi connectivity index (χ4n) is 1.46. The highest BCUT2D eigenvalue weighted by atomic mass is 32.2. The third kappa shape index (κ3) is 2.88. The van der Waals surface area contributed by atoms with Crippen molar-refractivity contribution < 1.29 is 8.73 Å². The topological polar surface area (TPSA) is 56.0 Å². The van der Waals surface area contributed by atoms with Gasteiger partial charge in [0.05, 0.1) is 10.8 Å². The van der Waals surface area contributed by atoms with Crippen molar-refractivity contribution in [3.05, 3.63) is 42.5 Å². The summed E-state index contributed by atoms with van der Waals surface area (Å²) >= 11 is 0. The molecule has 3 aromatic carbocycles. The first-order chi connectivity index (χ1) is 8.16. The van der Waals surface area contributed by atoms with Crippen molar-refractivity contribution in [1.29, 1.82) is 0 Å². The minimum absolute atomic E-state index is 0.606. The lowest BCUT2D eigenvalue weighted by Crippen LogP contribution is -1.89. The van der Waals surface area contributed by atoms with Crippen LogP contribution in [-0.2, 0) is 10.8 Å². The third-order valence-electron chi connectivity index (χ3n) is 2.27. The number of nitrogens with zero attached hydrogens (tertiary/aromatic N) is 2. The number of hydrogen-bond acceptors (Lipinski definition) is 4. The fraction of sp³-hybridized carbons (Fsp3) is 0.167. The van der Waals surface area contributed by atoms with E-state index < -0.39 is 10.8 Å². The van der Waals surface area contributed by atoms with Crippen LogP contribution in [0.4, 0.5) is 0 Å². The van der Waals surface area contributed by atoms with Crippen LogP contribution in [0.15, 0.2) is 46.1 Å². The summed E-state index contributed by atoms with van der Waals surface area (Å²) in [7, 11) is -0.851. The maximum Gasteiger partial charge on any atom is 0.223 e. The van der Waals surface area contributed by atoms with Crippen molar-refractivity contribution in [3.8, 4) is 0 Å². The van der Waals surface area contributed by atoms with Crippen molar-refractivity contribution in [2.24, 2.45) is 0 Å². The minimum atomic E-state index is -0.851. The molecule has 4 nitrogen and oxygen atoms in total. The average molecular weight is 248 g/mol. The van der Waals surface area contributed by atoms with Gasteiger partial charge in [-0.2, -0.15) is 4.98 Å². The van der Waals surface area contributed by atoms with Crippen molar-refractivity contribution in [2.75, 3.05) is 6.26 Å². The summed E-state index contributed by atoms with van der Waals surface area (Å²) in [5.74, 6) is 0.606. The Hall–Kier alpha value is -1.75. The van der Waals surface area contributed by atoms with Crippen LogP contribution in [0.1, 0.15) is 5.89 Å². The zero-order chi connectivity index (χ0) is 12.3. The van der Waals surface area contributed by atoms with E-state index in [4.69, 9.17) is 0 Å². The summed E-state index contributed by atoms with van der Waals surface area (Å²) < 4.78 is 15.6. The van der Waals surface area contributed by atoms with E-state index in [9.17, 15) is 4.21 Å². The molecule has 0 aliphatic carbocycles. The first kappa shape index (κ1) is 11.7. The van der Waals surface area contributed by atoms with Gasteiger partial charge in [0.1, 0.15) is 0 Å². The van der Waals surface area contributed by atoms with E-state index in [2.05, 4.69) is 14.7 Å². The number of aryl methyl sites for hydroxylation is 1. The molecule has 2 bridgehead atoms. The molecule has 88 valence electrons. The molecule has 4 aromatic rings. The molecule has 0 amide bonds. The van der Waals surface area contributed by atoms with Crippen molar-refractivity contribution in [2.45, 2.75) is 11.8 Å². The Balaban J connectivity index is 0.000000153. The normalized spacial score (nSPS) is 12.1. The standard InChI is InChI=1S/C9H8OS.C3H4N2O/c1-11(10)9-6-7-2-4-8(9)5-3-7;1-3-4-2-5-6-3/h2-6H,1H3;2H,1H3. The van der Waals surface area contributed by atoms with Crippen molar-refractivity contribution in [1.82, 2.24) is 10.1 Å². The van der Waals surface area contributed by atoms with Crippen LogP contribution in [0.3, 0.4) is 0 Å².